The number of amides is 1. The summed E-state index contributed by atoms with van der Waals surface area (Å²) >= 11 is 0. The fraction of sp³-hybridized carbons (Fsp3) is 0.882. The molecule has 2 atom stereocenters. The second-order valence-electron chi connectivity index (χ2n) is 7.12. The third kappa shape index (κ3) is 3.07. The summed E-state index contributed by atoms with van der Waals surface area (Å²) < 4.78 is 0. The molecule has 2 unspecified atom stereocenters. The molecule has 3 nitrogen and oxygen atoms in total. The molecule has 1 saturated heterocycles. The average Bonchev–Trinajstić information content (AvgIpc) is 2.47. The van der Waals surface area contributed by atoms with E-state index in [1.807, 2.05) is 13.8 Å². The summed E-state index contributed by atoms with van der Waals surface area (Å²) in [5.41, 5.74) is -0.298. The fourth-order valence-electron chi connectivity index (χ4n) is 3.58. The van der Waals surface area contributed by atoms with E-state index in [-0.39, 0.29) is 23.3 Å². The number of ketones is 1. The molecule has 1 aliphatic carbocycles. The van der Waals surface area contributed by atoms with E-state index in [0.29, 0.717) is 5.78 Å². The Morgan fingerprint density at radius 2 is 1.90 bits per heavy atom. The van der Waals surface area contributed by atoms with Crippen LogP contribution in [0.25, 0.3) is 0 Å². The van der Waals surface area contributed by atoms with Crippen molar-refractivity contribution in [3.63, 3.8) is 0 Å². The van der Waals surface area contributed by atoms with Crippen molar-refractivity contribution in [3.05, 3.63) is 0 Å². The maximum Gasteiger partial charge on any atom is 0.228 e. The van der Waals surface area contributed by atoms with Gasteiger partial charge in [-0.05, 0) is 38.5 Å². The lowest BCUT2D eigenvalue weighted by molar-refractivity contribution is -0.147. The lowest BCUT2D eigenvalue weighted by Crippen LogP contribution is -2.53. The number of likely N-dealkylation sites (tertiary alicyclic amines) is 1. The molecule has 2 rings (SSSR count). The molecule has 2 aliphatic rings. The van der Waals surface area contributed by atoms with Crippen LogP contribution in [0, 0.1) is 11.3 Å². The number of hydrogen-bond donors (Lipinski definition) is 0. The van der Waals surface area contributed by atoms with Crippen molar-refractivity contribution in [2.24, 2.45) is 11.3 Å². The van der Waals surface area contributed by atoms with E-state index in [1.54, 1.807) is 0 Å². The normalized spacial score (nSPS) is 28.6. The molecular weight excluding hydrogens is 250 g/mol. The molecule has 0 N–H and O–H groups in total. The van der Waals surface area contributed by atoms with E-state index in [0.717, 1.165) is 57.9 Å². The summed E-state index contributed by atoms with van der Waals surface area (Å²) in [5.74, 6) is 0.763. The third-order valence-corrected chi connectivity index (χ3v) is 5.34. The highest BCUT2D eigenvalue weighted by Crippen LogP contribution is 2.34. The summed E-state index contributed by atoms with van der Waals surface area (Å²) in [4.78, 5) is 27.1. The molecule has 1 saturated carbocycles. The highest BCUT2D eigenvalue weighted by Gasteiger charge is 2.41. The molecule has 1 amide bonds. The van der Waals surface area contributed by atoms with Crippen LogP contribution in [0.3, 0.4) is 0 Å². The number of rotatable bonds is 3. The van der Waals surface area contributed by atoms with E-state index in [4.69, 9.17) is 0 Å². The van der Waals surface area contributed by atoms with Crippen LogP contribution < -0.4 is 0 Å². The first-order chi connectivity index (χ1) is 9.47. The molecule has 0 bridgehead atoms. The van der Waals surface area contributed by atoms with Crippen molar-refractivity contribution < 1.29 is 9.59 Å². The van der Waals surface area contributed by atoms with E-state index in [2.05, 4.69) is 11.8 Å². The molecule has 1 aliphatic heterocycles. The Morgan fingerprint density at radius 3 is 2.55 bits per heavy atom. The molecule has 0 aromatic heterocycles. The van der Waals surface area contributed by atoms with Crippen LogP contribution in [-0.2, 0) is 9.59 Å². The van der Waals surface area contributed by atoms with Crippen LogP contribution in [0.1, 0.15) is 72.1 Å². The summed E-state index contributed by atoms with van der Waals surface area (Å²) in [6.45, 7) is 6.98. The number of piperidine rings is 1. The molecule has 114 valence electrons. The van der Waals surface area contributed by atoms with Crippen molar-refractivity contribution in [1.82, 2.24) is 4.90 Å². The number of hydrogen-bond acceptors (Lipinski definition) is 2. The van der Waals surface area contributed by atoms with Crippen molar-refractivity contribution in [1.29, 1.82) is 0 Å². The number of carbonyl (C=O) groups is 2. The molecule has 0 spiro atoms. The topological polar surface area (TPSA) is 37.4 Å². The Balaban J connectivity index is 2.16. The van der Waals surface area contributed by atoms with Gasteiger partial charge in [0.25, 0.3) is 0 Å². The van der Waals surface area contributed by atoms with Crippen LogP contribution >= 0.6 is 0 Å². The van der Waals surface area contributed by atoms with Gasteiger partial charge < -0.3 is 4.90 Å². The zero-order chi connectivity index (χ0) is 14.8. The van der Waals surface area contributed by atoms with Gasteiger partial charge in [0, 0.05) is 30.3 Å². The second kappa shape index (κ2) is 6.28. The number of carbonyl (C=O) groups excluding carboxylic acids is 2. The van der Waals surface area contributed by atoms with Crippen molar-refractivity contribution in [3.8, 4) is 0 Å². The van der Waals surface area contributed by atoms with Crippen LogP contribution in [-0.4, -0.2) is 29.2 Å². The minimum Gasteiger partial charge on any atom is -0.339 e. The monoisotopic (exact) mass is 279 g/mol. The lowest BCUT2D eigenvalue weighted by Gasteiger charge is -2.44. The van der Waals surface area contributed by atoms with Gasteiger partial charge in [0.2, 0.25) is 5.91 Å². The fourth-order valence-corrected chi connectivity index (χ4v) is 3.58. The zero-order valence-corrected chi connectivity index (χ0v) is 13.3. The van der Waals surface area contributed by atoms with Crippen LogP contribution in [0.2, 0.25) is 0 Å². The third-order valence-electron chi connectivity index (χ3n) is 5.34. The number of Topliss-reactive ketones (excluding diaryl/α,β-unsaturated/α-hetero) is 1. The Bertz CT molecular complexity index is 375. The van der Waals surface area contributed by atoms with Crippen molar-refractivity contribution in [2.75, 3.05) is 6.54 Å². The van der Waals surface area contributed by atoms with Gasteiger partial charge in [-0.1, -0.05) is 27.2 Å². The van der Waals surface area contributed by atoms with Gasteiger partial charge >= 0.3 is 0 Å². The molecule has 1 heterocycles. The standard InChI is InChI=1S/C17H29NO2/c1-4-17(2,3)16(20)18-12-8-7-10-14(18)13-9-5-6-11-15(13)19/h13-14H,4-12H2,1-3H3. The van der Waals surface area contributed by atoms with E-state index in [9.17, 15) is 9.59 Å². The molecule has 0 aromatic rings. The van der Waals surface area contributed by atoms with E-state index in [1.165, 1.54) is 0 Å². The van der Waals surface area contributed by atoms with Gasteiger partial charge in [0.15, 0.2) is 0 Å². The zero-order valence-electron chi connectivity index (χ0n) is 13.3. The van der Waals surface area contributed by atoms with E-state index < -0.39 is 0 Å². The molecule has 0 aromatic carbocycles. The minimum absolute atomic E-state index is 0.112. The first kappa shape index (κ1) is 15.5. The van der Waals surface area contributed by atoms with Crippen molar-refractivity contribution in [2.45, 2.75) is 78.2 Å². The second-order valence-corrected chi connectivity index (χ2v) is 7.12. The smallest absolute Gasteiger partial charge is 0.228 e. The molecule has 2 fully saturated rings. The summed E-state index contributed by atoms with van der Waals surface area (Å²) in [6, 6.07) is 0.176. The highest BCUT2D eigenvalue weighted by molar-refractivity contribution is 5.85. The predicted molar refractivity (Wildman–Crippen MR) is 80.4 cm³/mol. The predicted octanol–water partition coefficient (Wildman–Crippen LogP) is 3.56. The molecule has 20 heavy (non-hydrogen) atoms. The quantitative estimate of drug-likeness (QED) is 0.792. The van der Waals surface area contributed by atoms with Gasteiger partial charge in [0.05, 0.1) is 0 Å². The van der Waals surface area contributed by atoms with Crippen LogP contribution in [0.15, 0.2) is 0 Å². The first-order valence-corrected chi connectivity index (χ1v) is 8.31. The first-order valence-electron chi connectivity index (χ1n) is 8.31. The largest absolute Gasteiger partial charge is 0.339 e. The summed E-state index contributed by atoms with van der Waals surface area (Å²) in [5, 5.41) is 0. The average molecular weight is 279 g/mol. The van der Waals surface area contributed by atoms with Crippen LogP contribution in [0.5, 0.6) is 0 Å². The molecular formula is C17H29NO2. The highest BCUT2D eigenvalue weighted by atomic mass is 16.2. The summed E-state index contributed by atoms with van der Waals surface area (Å²) in [6.07, 6.45) is 8.01. The molecule has 0 radical (unpaired) electrons. The Kier molecular flexibility index (Phi) is 4.87. The van der Waals surface area contributed by atoms with Gasteiger partial charge in [-0.2, -0.15) is 0 Å². The Hall–Kier alpha value is -0.860. The van der Waals surface area contributed by atoms with Gasteiger partial charge in [-0.3, -0.25) is 9.59 Å². The molecule has 3 heteroatoms. The Labute approximate surface area is 123 Å². The SMILES string of the molecule is CCC(C)(C)C(=O)N1CCCCC1C1CCCCC1=O. The Morgan fingerprint density at radius 1 is 1.20 bits per heavy atom. The van der Waals surface area contributed by atoms with Crippen LogP contribution in [0.4, 0.5) is 0 Å². The van der Waals surface area contributed by atoms with Crippen molar-refractivity contribution >= 4 is 11.7 Å². The van der Waals surface area contributed by atoms with E-state index >= 15 is 0 Å². The maximum absolute atomic E-state index is 12.8. The minimum atomic E-state index is -0.298. The van der Waals surface area contributed by atoms with Gasteiger partial charge in [-0.25, -0.2) is 0 Å². The van der Waals surface area contributed by atoms with Gasteiger partial charge in [0.1, 0.15) is 5.78 Å². The maximum atomic E-state index is 12.8. The number of nitrogens with zero attached hydrogens (tertiary/aromatic N) is 1. The van der Waals surface area contributed by atoms with Gasteiger partial charge in [-0.15, -0.1) is 0 Å². The summed E-state index contributed by atoms with van der Waals surface area (Å²) in [7, 11) is 0. The lowest BCUT2D eigenvalue weighted by atomic mass is 9.77.